The van der Waals surface area contributed by atoms with Crippen LogP contribution < -0.4 is 10.6 Å². The van der Waals surface area contributed by atoms with Crippen molar-refractivity contribution in [3.8, 4) is 16.8 Å². The van der Waals surface area contributed by atoms with Crippen molar-refractivity contribution in [1.82, 2.24) is 9.13 Å². The Kier molecular flexibility index (Phi) is 7.28. The average Bonchev–Trinajstić information content (AvgIpc) is 3.94. The smallest absolute Gasteiger partial charge is 0.135 e. The first-order valence-electron chi connectivity index (χ1n) is 20.2. The lowest BCUT2D eigenvalue weighted by Crippen LogP contribution is -2.27. The normalized spacial score (nSPS) is 17.4. The molecule has 2 unspecified atom stereocenters. The fourth-order valence-electron chi connectivity index (χ4n) is 9.87. The molecule has 0 N–H and O–H groups in total. The van der Waals surface area contributed by atoms with Gasteiger partial charge in [-0.15, -0.1) is 0 Å². The fraction of sp³-hybridized carbons (Fsp3) is 0.113. The van der Waals surface area contributed by atoms with E-state index < -0.39 is 0 Å². The Bertz CT molecular complexity index is 3310. The lowest BCUT2D eigenvalue weighted by molar-refractivity contribution is 0.560. The van der Waals surface area contributed by atoms with Gasteiger partial charge in [-0.3, -0.25) is 4.99 Å². The summed E-state index contributed by atoms with van der Waals surface area (Å²) in [4.78, 5) is 4.53. The Hall–Kier alpha value is -6.91. The minimum Gasteiger partial charge on any atom is -0.456 e. The molecule has 4 heterocycles. The highest BCUT2D eigenvalue weighted by molar-refractivity contribution is 6.11. The van der Waals surface area contributed by atoms with Crippen LogP contribution in [-0.4, -0.2) is 15.3 Å². The van der Waals surface area contributed by atoms with E-state index in [2.05, 4.69) is 184 Å². The first-order valence-corrected chi connectivity index (χ1v) is 20.2. The van der Waals surface area contributed by atoms with E-state index in [1.807, 2.05) is 6.20 Å². The molecule has 0 saturated heterocycles. The number of para-hydroxylation sites is 3. The number of allylic oxidation sites excluding steroid dienone is 2. The molecule has 4 nitrogen and oxygen atoms in total. The number of rotatable bonds is 5. The second-order valence-electron chi connectivity index (χ2n) is 15.8. The topological polar surface area (TPSA) is 35.4 Å². The molecule has 2 aliphatic carbocycles. The lowest BCUT2D eigenvalue weighted by Gasteiger charge is -2.23. The summed E-state index contributed by atoms with van der Waals surface area (Å²) >= 11 is 0. The zero-order valence-electron chi connectivity index (χ0n) is 31.5. The summed E-state index contributed by atoms with van der Waals surface area (Å²) in [6.07, 6.45) is 17.2. The molecule has 12 rings (SSSR count). The molecule has 3 aromatic heterocycles. The Morgan fingerprint density at radius 1 is 0.614 bits per heavy atom. The third kappa shape index (κ3) is 5.17. The minimum atomic E-state index is 0.229. The maximum Gasteiger partial charge on any atom is 0.135 e. The van der Waals surface area contributed by atoms with E-state index in [9.17, 15) is 0 Å². The number of hydrogen-bond acceptors (Lipinski definition) is 2. The molecule has 0 spiro atoms. The van der Waals surface area contributed by atoms with Crippen molar-refractivity contribution in [2.45, 2.75) is 37.6 Å². The predicted molar refractivity (Wildman–Crippen MR) is 237 cm³/mol. The van der Waals surface area contributed by atoms with Crippen LogP contribution in [0.1, 0.15) is 53.6 Å². The number of furan rings is 1. The number of nitrogens with zero attached hydrogens (tertiary/aromatic N) is 3. The third-order valence-electron chi connectivity index (χ3n) is 12.5. The molecule has 0 saturated carbocycles. The van der Waals surface area contributed by atoms with Crippen molar-refractivity contribution >= 4 is 73.7 Å². The van der Waals surface area contributed by atoms with Gasteiger partial charge >= 0.3 is 0 Å². The highest BCUT2D eigenvalue weighted by Gasteiger charge is 2.26. The summed E-state index contributed by atoms with van der Waals surface area (Å²) in [6, 6.07) is 51.5. The second kappa shape index (κ2) is 12.8. The quantitative estimate of drug-likeness (QED) is 0.173. The monoisotopic (exact) mass is 733 g/mol. The number of aliphatic imine (C=N–C) groups is 1. The van der Waals surface area contributed by atoms with E-state index in [1.165, 1.54) is 88.1 Å². The van der Waals surface area contributed by atoms with Crippen molar-refractivity contribution in [2.75, 3.05) is 0 Å². The molecule has 272 valence electrons. The number of hydrogen-bond donors (Lipinski definition) is 0. The molecular formula is C53H39N3O. The van der Waals surface area contributed by atoms with Gasteiger partial charge in [0, 0.05) is 67.6 Å². The van der Waals surface area contributed by atoms with E-state index in [4.69, 9.17) is 4.42 Å². The van der Waals surface area contributed by atoms with Crippen LogP contribution in [0.25, 0.3) is 84.3 Å². The summed E-state index contributed by atoms with van der Waals surface area (Å²) in [5.74, 6) is 0.239. The lowest BCUT2D eigenvalue weighted by atomic mass is 9.90. The number of aromatic nitrogens is 2. The van der Waals surface area contributed by atoms with Crippen LogP contribution >= 0.6 is 0 Å². The Balaban J connectivity index is 0.990. The van der Waals surface area contributed by atoms with Crippen molar-refractivity contribution in [2.24, 2.45) is 4.99 Å². The zero-order chi connectivity index (χ0) is 37.5. The van der Waals surface area contributed by atoms with Gasteiger partial charge in [-0.25, -0.2) is 0 Å². The van der Waals surface area contributed by atoms with Crippen LogP contribution in [0.5, 0.6) is 0 Å². The van der Waals surface area contributed by atoms with Crippen molar-refractivity contribution in [3.05, 3.63) is 185 Å². The summed E-state index contributed by atoms with van der Waals surface area (Å²) in [6.45, 7) is 0. The standard InChI is InChI=1S/C53H39N3O/c1-2-11-34(12-3-1)38-27-39(37-13-10-26-54-33-37)29-41(28-38)56-49-18-8-5-15-43(49)46-31-36(21-24-51(46)56)35-20-23-50-45(30-35)42-14-4-7-17-48(42)55(50)40-22-25-53-47(32-40)44-16-6-9-19-52(44)57-53/h1-12,14-19,21,24-33,37,40H,13,20,22-23H2. The van der Waals surface area contributed by atoms with Crippen LogP contribution in [0.4, 0.5) is 0 Å². The molecule has 3 aliphatic rings. The Labute approximate surface area is 330 Å². The van der Waals surface area contributed by atoms with Gasteiger partial charge in [0.05, 0.1) is 17.1 Å². The van der Waals surface area contributed by atoms with Crippen LogP contribution in [0.2, 0.25) is 0 Å². The Morgan fingerprint density at radius 2 is 1.40 bits per heavy atom. The number of fused-ring (bicyclic) bond motifs is 9. The molecule has 4 heteroatoms. The summed E-state index contributed by atoms with van der Waals surface area (Å²) in [5.41, 5.74) is 16.1. The summed E-state index contributed by atoms with van der Waals surface area (Å²) in [5, 5.41) is 6.29. The fourth-order valence-corrected chi connectivity index (χ4v) is 9.87. The summed E-state index contributed by atoms with van der Waals surface area (Å²) in [7, 11) is 0. The van der Waals surface area contributed by atoms with Gasteiger partial charge in [0.15, 0.2) is 0 Å². The van der Waals surface area contributed by atoms with Crippen molar-refractivity contribution < 1.29 is 4.42 Å². The summed E-state index contributed by atoms with van der Waals surface area (Å²) < 4.78 is 11.3. The van der Waals surface area contributed by atoms with Gasteiger partial charge in [0.2, 0.25) is 0 Å². The molecule has 0 radical (unpaired) electrons. The Morgan fingerprint density at radius 3 is 2.28 bits per heavy atom. The largest absolute Gasteiger partial charge is 0.456 e. The van der Waals surface area contributed by atoms with E-state index in [1.54, 1.807) is 0 Å². The van der Waals surface area contributed by atoms with Crippen LogP contribution in [0.15, 0.2) is 161 Å². The molecule has 2 atom stereocenters. The van der Waals surface area contributed by atoms with Gasteiger partial charge in [-0.2, -0.15) is 0 Å². The maximum absolute atomic E-state index is 6.24. The van der Waals surface area contributed by atoms with Gasteiger partial charge in [0.1, 0.15) is 11.0 Å². The maximum atomic E-state index is 6.24. The van der Waals surface area contributed by atoms with Crippen LogP contribution in [0, 0.1) is 0 Å². The van der Waals surface area contributed by atoms with Gasteiger partial charge in [-0.05, 0) is 114 Å². The van der Waals surface area contributed by atoms with Gasteiger partial charge < -0.3 is 13.6 Å². The van der Waals surface area contributed by atoms with E-state index in [0.29, 0.717) is 0 Å². The van der Waals surface area contributed by atoms with E-state index >= 15 is 0 Å². The van der Waals surface area contributed by atoms with E-state index in [-0.39, 0.29) is 12.0 Å². The molecule has 0 amide bonds. The van der Waals surface area contributed by atoms with Gasteiger partial charge in [-0.1, -0.05) is 103 Å². The SMILES string of the molecule is C1=CN=CC(c2cc(-c3ccccc3)cc(-n3c4ccccc4c4cc(C5=Cc6c(n(C7C=c8c(oc9ccccc89)=CC7)c7ccccc67)CC5)ccc43)c2)C1. The second-order valence-corrected chi connectivity index (χ2v) is 15.8. The molecule has 1 aliphatic heterocycles. The first kappa shape index (κ1) is 32.3. The molecule has 6 aromatic carbocycles. The average molecular weight is 734 g/mol. The third-order valence-corrected chi connectivity index (χ3v) is 12.5. The molecule has 0 fully saturated rings. The number of benzene rings is 6. The molecule has 9 aromatic rings. The van der Waals surface area contributed by atoms with E-state index in [0.717, 1.165) is 36.7 Å². The van der Waals surface area contributed by atoms with Crippen molar-refractivity contribution in [3.63, 3.8) is 0 Å². The van der Waals surface area contributed by atoms with Crippen molar-refractivity contribution in [1.29, 1.82) is 0 Å². The van der Waals surface area contributed by atoms with Crippen LogP contribution in [-0.2, 0) is 6.42 Å². The first-order chi connectivity index (χ1) is 28.2. The zero-order valence-corrected chi connectivity index (χ0v) is 31.5. The molecular weight excluding hydrogens is 695 g/mol. The predicted octanol–water partition coefficient (Wildman–Crippen LogP) is 11.9. The van der Waals surface area contributed by atoms with Gasteiger partial charge in [0.25, 0.3) is 0 Å². The minimum absolute atomic E-state index is 0.229. The van der Waals surface area contributed by atoms with Crippen LogP contribution in [0.3, 0.4) is 0 Å². The highest BCUT2D eigenvalue weighted by Crippen LogP contribution is 2.42. The molecule has 57 heavy (non-hydrogen) atoms. The molecule has 0 bridgehead atoms. The highest BCUT2D eigenvalue weighted by atomic mass is 16.3.